The van der Waals surface area contributed by atoms with Crippen LogP contribution in [0, 0.1) is 0 Å². The zero-order valence-electron chi connectivity index (χ0n) is 15.7. The Labute approximate surface area is 154 Å². The number of phenols is 1. The third kappa shape index (κ3) is 3.43. The van der Waals surface area contributed by atoms with Gasteiger partial charge in [-0.15, -0.1) is 0 Å². The van der Waals surface area contributed by atoms with Gasteiger partial charge in [0.15, 0.2) is 0 Å². The molecule has 0 fully saturated rings. The Morgan fingerprint density at radius 2 is 2.04 bits per heavy atom. The number of carbonyl (C=O) groups excluding carboxylic acids is 1. The highest BCUT2D eigenvalue weighted by atomic mass is 16.3. The molecule has 0 bridgehead atoms. The van der Waals surface area contributed by atoms with E-state index in [2.05, 4.69) is 55.4 Å². The van der Waals surface area contributed by atoms with E-state index in [9.17, 15) is 9.90 Å². The maximum absolute atomic E-state index is 12.1. The van der Waals surface area contributed by atoms with Crippen LogP contribution in [0.25, 0.3) is 0 Å². The zero-order chi connectivity index (χ0) is 18.9. The van der Waals surface area contributed by atoms with Crippen LogP contribution in [0.1, 0.15) is 54.6 Å². The lowest BCUT2D eigenvalue weighted by Gasteiger charge is -2.45. The molecule has 1 atom stereocenters. The van der Waals surface area contributed by atoms with Gasteiger partial charge in [0, 0.05) is 18.3 Å². The van der Waals surface area contributed by atoms with E-state index in [-0.39, 0.29) is 16.9 Å². The van der Waals surface area contributed by atoms with E-state index in [1.807, 2.05) is 6.07 Å². The molecular weight excluding hydrogens is 326 g/mol. The lowest BCUT2D eigenvalue weighted by molar-refractivity contribution is 0.0952. The Kier molecular flexibility index (Phi) is 4.72. The molecule has 1 heterocycles. The minimum Gasteiger partial charge on any atom is -0.507 e. The quantitative estimate of drug-likeness (QED) is 0.651. The van der Waals surface area contributed by atoms with E-state index in [1.54, 1.807) is 24.4 Å². The number of nitrogens with one attached hydrogen (secondary N) is 1. The van der Waals surface area contributed by atoms with E-state index >= 15 is 0 Å². The predicted molar refractivity (Wildman–Crippen MR) is 105 cm³/mol. The number of para-hydroxylation sites is 1. The summed E-state index contributed by atoms with van der Waals surface area (Å²) in [5, 5.41) is 13.7. The molecule has 136 valence electrons. The third-order valence-electron chi connectivity index (χ3n) is 5.19. The van der Waals surface area contributed by atoms with Gasteiger partial charge in [-0.05, 0) is 61.6 Å². The standard InChI is InChI=1S/C21H25N3O2/c1-14-12-21(2,3)24(4)18-10-9-15(11-17(14)18)13-22-23-20(26)16-7-5-6-8-19(16)25/h5-11,13-14,25H,12H2,1-4H3,(H,23,26)/b22-13+. The zero-order valence-corrected chi connectivity index (χ0v) is 15.7. The van der Waals surface area contributed by atoms with Gasteiger partial charge in [-0.2, -0.15) is 5.10 Å². The number of aromatic hydroxyl groups is 1. The average molecular weight is 351 g/mol. The average Bonchev–Trinajstić information content (AvgIpc) is 2.60. The first-order valence-electron chi connectivity index (χ1n) is 8.79. The lowest BCUT2D eigenvalue weighted by atomic mass is 9.80. The molecule has 5 heteroatoms. The van der Waals surface area contributed by atoms with E-state index < -0.39 is 5.91 Å². The summed E-state index contributed by atoms with van der Waals surface area (Å²) in [6.45, 7) is 6.77. The van der Waals surface area contributed by atoms with Crippen LogP contribution in [0.4, 0.5) is 5.69 Å². The largest absolute Gasteiger partial charge is 0.507 e. The summed E-state index contributed by atoms with van der Waals surface area (Å²) < 4.78 is 0. The van der Waals surface area contributed by atoms with Crippen LogP contribution < -0.4 is 10.3 Å². The fourth-order valence-electron chi connectivity index (χ4n) is 3.57. The maximum atomic E-state index is 12.1. The van der Waals surface area contributed by atoms with Gasteiger partial charge in [-0.3, -0.25) is 4.79 Å². The summed E-state index contributed by atoms with van der Waals surface area (Å²) in [5.41, 5.74) is 6.26. The number of amides is 1. The number of carbonyl (C=O) groups is 1. The predicted octanol–water partition coefficient (Wildman–Crippen LogP) is 3.88. The highest BCUT2D eigenvalue weighted by Crippen LogP contribution is 2.42. The van der Waals surface area contributed by atoms with Crippen molar-refractivity contribution in [3.8, 4) is 5.75 Å². The van der Waals surface area contributed by atoms with Gasteiger partial charge < -0.3 is 10.0 Å². The Bertz CT molecular complexity index is 858. The summed E-state index contributed by atoms with van der Waals surface area (Å²) >= 11 is 0. The summed E-state index contributed by atoms with van der Waals surface area (Å²) in [7, 11) is 2.13. The Hall–Kier alpha value is -2.82. The first-order chi connectivity index (χ1) is 12.3. The van der Waals surface area contributed by atoms with Gasteiger partial charge >= 0.3 is 0 Å². The van der Waals surface area contributed by atoms with Crippen LogP contribution in [0.2, 0.25) is 0 Å². The van der Waals surface area contributed by atoms with Crippen LogP contribution in [0.15, 0.2) is 47.6 Å². The Morgan fingerprint density at radius 3 is 2.77 bits per heavy atom. The van der Waals surface area contributed by atoms with Gasteiger partial charge in [0.2, 0.25) is 0 Å². The Balaban J connectivity index is 1.76. The van der Waals surface area contributed by atoms with Crippen LogP contribution in [-0.4, -0.2) is 29.8 Å². The molecule has 2 aromatic carbocycles. The molecule has 1 aliphatic heterocycles. The van der Waals surface area contributed by atoms with E-state index in [0.717, 1.165) is 12.0 Å². The van der Waals surface area contributed by atoms with Crippen molar-refractivity contribution >= 4 is 17.8 Å². The normalized spacial score (nSPS) is 18.6. The van der Waals surface area contributed by atoms with Crippen molar-refractivity contribution in [2.24, 2.45) is 5.10 Å². The summed E-state index contributed by atoms with van der Waals surface area (Å²) in [5.74, 6) is -0.0407. The van der Waals surface area contributed by atoms with Crippen molar-refractivity contribution in [2.45, 2.75) is 38.6 Å². The summed E-state index contributed by atoms with van der Waals surface area (Å²) in [6.07, 6.45) is 2.71. The minimum absolute atomic E-state index is 0.0616. The highest BCUT2D eigenvalue weighted by Gasteiger charge is 2.33. The molecule has 1 aliphatic rings. The van der Waals surface area contributed by atoms with Gasteiger partial charge in [0.1, 0.15) is 5.75 Å². The molecule has 0 saturated heterocycles. The number of phenolic OH excluding ortho intramolecular Hbond substituents is 1. The molecular formula is C21H25N3O2. The topological polar surface area (TPSA) is 64.9 Å². The second kappa shape index (κ2) is 6.83. The van der Waals surface area contributed by atoms with Crippen LogP contribution in [-0.2, 0) is 0 Å². The molecule has 0 aliphatic carbocycles. The van der Waals surface area contributed by atoms with Crippen molar-refractivity contribution in [1.29, 1.82) is 0 Å². The fraction of sp³-hybridized carbons (Fsp3) is 0.333. The van der Waals surface area contributed by atoms with Crippen molar-refractivity contribution in [3.63, 3.8) is 0 Å². The van der Waals surface area contributed by atoms with Gasteiger partial charge in [-0.1, -0.05) is 25.1 Å². The third-order valence-corrected chi connectivity index (χ3v) is 5.19. The number of hydrogen-bond donors (Lipinski definition) is 2. The van der Waals surface area contributed by atoms with Crippen molar-refractivity contribution < 1.29 is 9.90 Å². The first kappa shape index (κ1) is 18.0. The summed E-state index contributed by atoms with van der Waals surface area (Å²) in [6, 6.07) is 12.6. The second-order valence-electron chi connectivity index (χ2n) is 7.51. The molecule has 3 rings (SSSR count). The van der Waals surface area contributed by atoms with Crippen molar-refractivity contribution in [2.75, 3.05) is 11.9 Å². The number of benzene rings is 2. The number of hydrazone groups is 1. The molecule has 2 aromatic rings. The van der Waals surface area contributed by atoms with E-state index in [1.165, 1.54) is 17.3 Å². The fourth-order valence-corrected chi connectivity index (χ4v) is 3.57. The molecule has 26 heavy (non-hydrogen) atoms. The van der Waals surface area contributed by atoms with Crippen molar-refractivity contribution in [3.05, 3.63) is 59.2 Å². The molecule has 2 N–H and O–H groups in total. The smallest absolute Gasteiger partial charge is 0.275 e. The molecule has 0 spiro atoms. The monoisotopic (exact) mass is 351 g/mol. The van der Waals surface area contributed by atoms with Crippen molar-refractivity contribution in [1.82, 2.24) is 5.43 Å². The van der Waals surface area contributed by atoms with Crippen LogP contribution in [0.3, 0.4) is 0 Å². The molecule has 0 aromatic heterocycles. The van der Waals surface area contributed by atoms with Gasteiger partial charge in [0.05, 0.1) is 11.8 Å². The van der Waals surface area contributed by atoms with E-state index in [0.29, 0.717) is 5.92 Å². The SMILES string of the molecule is CC1CC(C)(C)N(C)c2ccc(/C=N/NC(=O)c3ccccc3O)cc21. The Morgan fingerprint density at radius 1 is 1.31 bits per heavy atom. The van der Waals surface area contributed by atoms with Gasteiger partial charge in [-0.25, -0.2) is 5.43 Å². The molecule has 1 amide bonds. The lowest BCUT2D eigenvalue weighted by Crippen LogP contribution is -2.45. The molecule has 5 nitrogen and oxygen atoms in total. The second-order valence-corrected chi connectivity index (χ2v) is 7.51. The van der Waals surface area contributed by atoms with Crippen LogP contribution in [0.5, 0.6) is 5.75 Å². The first-order valence-corrected chi connectivity index (χ1v) is 8.79. The maximum Gasteiger partial charge on any atom is 0.275 e. The number of fused-ring (bicyclic) bond motifs is 1. The molecule has 0 radical (unpaired) electrons. The number of nitrogens with zero attached hydrogens (tertiary/aromatic N) is 2. The minimum atomic E-state index is -0.438. The number of anilines is 1. The van der Waals surface area contributed by atoms with Crippen LogP contribution >= 0.6 is 0 Å². The number of hydrogen-bond acceptors (Lipinski definition) is 4. The van der Waals surface area contributed by atoms with Gasteiger partial charge in [0.25, 0.3) is 5.91 Å². The molecule has 0 saturated carbocycles. The molecule has 1 unspecified atom stereocenters. The number of rotatable bonds is 3. The highest BCUT2D eigenvalue weighted by molar-refractivity contribution is 5.97. The summed E-state index contributed by atoms with van der Waals surface area (Å²) in [4.78, 5) is 14.4. The van der Waals surface area contributed by atoms with E-state index in [4.69, 9.17) is 0 Å².